The predicted octanol–water partition coefficient (Wildman–Crippen LogP) is 3.91. The number of carbonyl (C=O) groups is 1. The lowest BCUT2D eigenvalue weighted by atomic mass is 10.1. The first-order valence-corrected chi connectivity index (χ1v) is 7.43. The third-order valence-electron chi connectivity index (χ3n) is 3.43. The number of halogens is 1. The van der Waals surface area contributed by atoms with Gasteiger partial charge >= 0.3 is 0 Å². The van der Waals surface area contributed by atoms with Gasteiger partial charge in [-0.05, 0) is 36.8 Å². The summed E-state index contributed by atoms with van der Waals surface area (Å²) >= 11 is 0. The molecule has 0 saturated carbocycles. The van der Waals surface area contributed by atoms with Crippen LogP contribution in [0.4, 0.5) is 15.9 Å². The van der Waals surface area contributed by atoms with Gasteiger partial charge in [0.15, 0.2) is 5.82 Å². The first kappa shape index (κ1) is 15.7. The summed E-state index contributed by atoms with van der Waals surface area (Å²) in [6.07, 6.45) is 0. The van der Waals surface area contributed by atoms with Crippen LogP contribution < -0.4 is 10.6 Å². The Morgan fingerprint density at radius 2 is 1.83 bits per heavy atom. The van der Waals surface area contributed by atoms with E-state index in [2.05, 4.69) is 15.8 Å². The molecule has 0 spiro atoms. The number of hydrogen-bond acceptors (Lipinski definition) is 4. The van der Waals surface area contributed by atoms with Crippen molar-refractivity contribution in [3.8, 4) is 0 Å². The van der Waals surface area contributed by atoms with E-state index < -0.39 is 6.04 Å². The van der Waals surface area contributed by atoms with Gasteiger partial charge in [-0.1, -0.05) is 35.5 Å². The molecule has 0 aliphatic carbocycles. The molecule has 0 saturated heterocycles. The van der Waals surface area contributed by atoms with Crippen molar-refractivity contribution >= 4 is 17.4 Å². The van der Waals surface area contributed by atoms with Gasteiger partial charge in [-0.3, -0.25) is 4.79 Å². The van der Waals surface area contributed by atoms with Crippen LogP contribution in [0.1, 0.15) is 17.4 Å². The highest BCUT2D eigenvalue weighted by atomic mass is 19.1. The number of anilines is 2. The summed E-state index contributed by atoms with van der Waals surface area (Å²) in [5.74, 6) is 0.325. The van der Waals surface area contributed by atoms with Crippen LogP contribution >= 0.6 is 0 Å². The fourth-order valence-electron chi connectivity index (χ4n) is 2.28. The van der Waals surface area contributed by atoms with Crippen molar-refractivity contribution in [2.24, 2.45) is 0 Å². The molecule has 1 heterocycles. The average Bonchev–Trinajstić information content (AvgIpc) is 3.00. The summed E-state index contributed by atoms with van der Waals surface area (Å²) in [6, 6.07) is 16.1. The first-order chi connectivity index (χ1) is 11.6. The summed E-state index contributed by atoms with van der Waals surface area (Å²) in [4.78, 5) is 12.7. The van der Waals surface area contributed by atoms with E-state index in [0.717, 1.165) is 5.56 Å². The Hall–Kier alpha value is -3.15. The molecule has 6 heteroatoms. The molecule has 1 atom stereocenters. The van der Waals surface area contributed by atoms with Crippen molar-refractivity contribution in [2.45, 2.75) is 13.0 Å². The molecule has 3 aromatic rings. The molecule has 122 valence electrons. The van der Waals surface area contributed by atoms with Crippen LogP contribution in [-0.4, -0.2) is 11.1 Å². The molecule has 0 bridgehead atoms. The van der Waals surface area contributed by atoms with Crippen molar-refractivity contribution < 1.29 is 13.7 Å². The minimum absolute atomic E-state index is 0.293. The lowest BCUT2D eigenvalue weighted by Gasteiger charge is -2.19. The van der Waals surface area contributed by atoms with Gasteiger partial charge in [0, 0.05) is 11.8 Å². The van der Waals surface area contributed by atoms with Gasteiger partial charge in [-0.15, -0.1) is 0 Å². The normalized spacial score (nSPS) is 11.8. The second-order valence-corrected chi connectivity index (χ2v) is 5.31. The highest BCUT2D eigenvalue weighted by Crippen LogP contribution is 2.22. The van der Waals surface area contributed by atoms with E-state index >= 15 is 0 Å². The van der Waals surface area contributed by atoms with Crippen LogP contribution in [-0.2, 0) is 4.79 Å². The Kier molecular flexibility index (Phi) is 4.56. The van der Waals surface area contributed by atoms with Crippen molar-refractivity contribution in [3.63, 3.8) is 0 Å². The van der Waals surface area contributed by atoms with E-state index in [1.54, 1.807) is 25.1 Å². The fourth-order valence-corrected chi connectivity index (χ4v) is 2.28. The number of nitrogens with one attached hydrogen (secondary N) is 2. The van der Waals surface area contributed by atoms with E-state index in [1.165, 1.54) is 12.1 Å². The maximum Gasteiger partial charge on any atom is 0.252 e. The van der Waals surface area contributed by atoms with Gasteiger partial charge in [0.2, 0.25) is 0 Å². The van der Waals surface area contributed by atoms with E-state index in [0.29, 0.717) is 17.3 Å². The Labute approximate surface area is 138 Å². The molecular formula is C18H16FN3O2. The highest BCUT2D eigenvalue weighted by Gasteiger charge is 2.21. The zero-order valence-electron chi connectivity index (χ0n) is 13.0. The Morgan fingerprint density at radius 1 is 1.12 bits per heavy atom. The molecule has 5 nitrogen and oxygen atoms in total. The van der Waals surface area contributed by atoms with Gasteiger partial charge in [0.05, 0.1) is 0 Å². The van der Waals surface area contributed by atoms with Crippen molar-refractivity contribution in [2.75, 3.05) is 10.6 Å². The molecule has 1 amide bonds. The maximum atomic E-state index is 13.1. The van der Waals surface area contributed by atoms with Crippen LogP contribution in [0, 0.1) is 12.7 Å². The Bertz CT molecular complexity index is 816. The number of benzene rings is 2. The molecule has 1 unspecified atom stereocenters. The van der Waals surface area contributed by atoms with E-state index in [4.69, 9.17) is 4.52 Å². The Morgan fingerprint density at radius 3 is 2.46 bits per heavy atom. The van der Waals surface area contributed by atoms with Crippen LogP contribution in [0.15, 0.2) is 65.2 Å². The summed E-state index contributed by atoms with van der Waals surface area (Å²) in [7, 11) is 0. The van der Waals surface area contributed by atoms with Gasteiger partial charge in [-0.2, -0.15) is 0 Å². The van der Waals surface area contributed by atoms with Crippen molar-refractivity contribution in [3.05, 3.63) is 77.8 Å². The average molecular weight is 325 g/mol. The van der Waals surface area contributed by atoms with Crippen LogP contribution in [0.2, 0.25) is 0 Å². The number of rotatable bonds is 5. The topological polar surface area (TPSA) is 67.2 Å². The third kappa shape index (κ3) is 3.78. The predicted molar refractivity (Wildman–Crippen MR) is 89.1 cm³/mol. The summed E-state index contributed by atoms with van der Waals surface area (Å²) in [5.41, 5.74) is 1.41. The number of aromatic nitrogens is 1. The second kappa shape index (κ2) is 6.95. The van der Waals surface area contributed by atoms with Gasteiger partial charge in [-0.25, -0.2) is 4.39 Å². The zero-order chi connectivity index (χ0) is 16.9. The summed E-state index contributed by atoms with van der Waals surface area (Å²) in [6.45, 7) is 1.74. The second-order valence-electron chi connectivity index (χ2n) is 5.31. The minimum atomic E-state index is -0.659. The maximum absolute atomic E-state index is 13.1. The van der Waals surface area contributed by atoms with E-state index in [-0.39, 0.29) is 11.7 Å². The molecule has 1 aromatic heterocycles. The largest absolute Gasteiger partial charge is 0.370 e. The molecule has 24 heavy (non-hydrogen) atoms. The lowest BCUT2D eigenvalue weighted by molar-refractivity contribution is -0.117. The summed E-state index contributed by atoms with van der Waals surface area (Å²) < 4.78 is 18.0. The number of amides is 1. The monoisotopic (exact) mass is 325 g/mol. The van der Waals surface area contributed by atoms with Crippen molar-refractivity contribution in [1.82, 2.24) is 5.16 Å². The number of carbonyl (C=O) groups excluding carboxylic acids is 1. The van der Waals surface area contributed by atoms with E-state index in [1.807, 2.05) is 30.3 Å². The molecule has 2 aromatic carbocycles. The van der Waals surface area contributed by atoms with Crippen LogP contribution in [0.5, 0.6) is 0 Å². The van der Waals surface area contributed by atoms with Gasteiger partial charge in [0.1, 0.15) is 17.6 Å². The molecule has 0 aliphatic rings. The lowest BCUT2D eigenvalue weighted by Crippen LogP contribution is -2.27. The van der Waals surface area contributed by atoms with Crippen LogP contribution in [0.3, 0.4) is 0 Å². The van der Waals surface area contributed by atoms with Gasteiger partial charge < -0.3 is 15.2 Å². The molecular weight excluding hydrogens is 309 g/mol. The molecule has 0 radical (unpaired) electrons. The zero-order valence-corrected chi connectivity index (χ0v) is 13.0. The number of hydrogen-bond donors (Lipinski definition) is 2. The molecule has 2 N–H and O–H groups in total. The standard InChI is InChI=1S/C18H16FN3O2/c1-12-11-16(22-24-12)21-18(23)17(13-5-3-2-4-6-13)20-15-9-7-14(19)8-10-15/h2-11,17,20H,1H3,(H,21,22,23). The third-order valence-corrected chi connectivity index (χ3v) is 3.43. The Balaban J connectivity index is 1.84. The smallest absolute Gasteiger partial charge is 0.252 e. The number of aryl methyl sites for hydroxylation is 1. The highest BCUT2D eigenvalue weighted by molar-refractivity contribution is 5.96. The van der Waals surface area contributed by atoms with Crippen molar-refractivity contribution in [1.29, 1.82) is 0 Å². The number of nitrogens with zero attached hydrogens (tertiary/aromatic N) is 1. The minimum Gasteiger partial charge on any atom is -0.370 e. The van der Waals surface area contributed by atoms with Crippen LogP contribution in [0.25, 0.3) is 0 Å². The molecule has 3 rings (SSSR count). The van der Waals surface area contributed by atoms with Gasteiger partial charge in [0.25, 0.3) is 5.91 Å². The van der Waals surface area contributed by atoms with E-state index in [9.17, 15) is 9.18 Å². The SMILES string of the molecule is Cc1cc(NC(=O)C(Nc2ccc(F)cc2)c2ccccc2)no1. The fraction of sp³-hybridized carbons (Fsp3) is 0.111. The molecule has 0 fully saturated rings. The summed E-state index contributed by atoms with van der Waals surface area (Å²) in [5, 5.41) is 9.59. The molecule has 0 aliphatic heterocycles. The quantitative estimate of drug-likeness (QED) is 0.746. The first-order valence-electron chi connectivity index (χ1n) is 7.43.